The highest BCUT2D eigenvalue weighted by Crippen LogP contribution is 2.45. The highest BCUT2D eigenvalue weighted by atomic mass is 32.2. The van der Waals surface area contributed by atoms with E-state index in [-0.39, 0.29) is 68.1 Å². The van der Waals surface area contributed by atoms with Crippen LogP contribution in [0.15, 0.2) is 138 Å². The number of H-pyrrole nitrogens is 1. The van der Waals surface area contributed by atoms with Gasteiger partial charge in [0.25, 0.3) is 10.1 Å². The van der Waals surface area contributed by atoms with Crippen LogP contribution in [0.4, 0.5) is 4.79 Å². The number of aromatic nitrogens is 1. The van der Waals surface area contributed by atoms with Crippen LogP contribution in [0.5, 0.6) is 0 Å². The number of carbonyl (C=O) groups excluding carboxylic acids is 8. The third-order valence-electron chi connectivity index (χ3n) is 15.6. The number of nitrogens with one attached hydrogen (secondary N) is 9. The molecule has 5 aromatic carbocycles. The van der Waals surface area contributed by atoms with Crippen LogP contribution in [0.2, 0.25) is 0 Å². The Bertz CT molecular complexity index is 3660. The SMILES string of the molecule is C[C@@H](O)[C@H](NC(=O)[C@H](CCCCNC(=O)OCC1c2ccccc2-c2ccc(S(=O)(=O)O)cc21)NC(=O)[C@@H](Cc1c[nH]c2ccccc12)NC(=O)[C@H](Cc1ccccc1)NC(=O)[C@H](CS)NC(=O)[C@H](N)Cc1ccccc1)C(=O)N[C@@H](CS)C(=O)N[C@H](CO)[C@@H](C)O. The van der Waals surface area contributed by atoms with Gasteiger partial charge in [0.2, 0.25) is 41.4 Å². The molecule has 11 atom stereocenters. The summed E-state index contributed by atoms with van der Waals surface area (Å²) in [6.45, 7) is 1.64. The maximum atomic E-state index is 15.1. The maximum Gasteiger partial charge on any atom is 0.407 e. The summed E-state index contributed by atoms with van der Waals surface area (Å²) in [5.74, 6) is -7.18. The number of alkyl carbamates (subject to hydrolysis) is 1. The maximum absolute atomic E-state index is 15.1. The first-order chi connectivity index (χ1) is 44.0. The molecule has 7 rings (SSSR count). The Morgan fingerprint density at radius 2 is 1.12 bits per heavy atom. The van der Waals surface area contributed by atoms with E-state index in [2.05, 4.69) is 72.8 Å². The highest BCUT2D eigenvalue weighted by Gasteiger charge is 2.37. The van der Waals surface area contributed by atoms with Crippen molar-refractivity contribution in [3.05, 3.63) is 161 Å². The van der Waals surface area contributed by atoms with Crippen LogP contribution in [0, 0.1) is 0 Å². The molecule has 1 aliphatic rings. The zero-order valence-electron chi connectivity index (χ0n) is 50.5. The molecule has 0 aliphatic heterocycles. The number of aliphatic hydroxyl groups is 3. The lowest BCUT2D eigenvalue weighted by Crippen LogP contribution is -2.62. The van der Waals surface area contributed by atoms with E-state index in [1.165, 1.54) is 26.0 Å². The molecule has 1 unspecified atom stereocenters. The number of hydrogen-bond donors (Lipinski definition) is 16. The number of para-hydroxylation sites is 1. The van der Waals surface area contributed by atoms with Crippen molar-refractivity contribution in [2.45, 2.75) is 124 Å². The minimum atomic E-state index is -4.56. The number of aliphatic hydroxyl groups excluding tert-OH is 3. The van der Waals surface area contributed by atoms with E-state index >= 15 is 4.79 Å². The normalized spacial score (nSPS) is 15.8. The second-order valence-electron chi connectivity index (χ2n) is 22.4. The molecule has 25 nitrogen and oxygen atoms in total. The molecule has 0 radical (unpaired) electrons. The standard InChI is InChI=1S/C64H78N10O15S3/c1-36(76)53(32-75)71-62(83)55(35-91)73-63(84)56(37(2)77)74-58(79)50(23-13-14-26-66-64(85)89-33-47-44-21-10-9-20-43(44)45-25-24-41(30-46(45)47)92(86,87)88)68-60(81)52(29-40-31-67-49-22-12-11-19-42(40)49)70-59(80)51(28-39-17-7-4-8-18-39)69-61(82)54(34-90)72-57(78)48(65)27-38-15-5-3-6-16-38/h3-12,15-22,24-25,30-31,36-37,47-48,50-56,67,75-77,90-91H,13-14,23,26-29,32-35,65H2,1-2H3,(H,66,85)(H,68,81)(H,69,82)(H,70,80)(H,71,83)(H,72,78)(H,73,84)(H,74,79)(H,86,87,88)/t36-,37-,47?,48-,50+,51+,52-,53-,54+,55+,56+/m1/s1. The van der Waals surface area contributed by atoms with Crippen molar-refractivity contribution >= 4 is 93.7 Å². The third-order valence-corrected chi connectivity index (χ3v) is 17.2. The Morgan fingerprint density at radius 3 is 1.74 bits per heavy atom. The lowest BCUT2D eigenvalue weighted by Gasteiger charge is -2.29. The summed E-state index contributed by atoms with van der Waals surface area (Å²) in [7, 11) is -4.56. The fraction of sp³-hybridized carbons (Fsp3) is 0.375. The summed E-state index contributed by atoms with van der Waals surface area (Å²) in [6, 6.07) is 25.3. The number of carbonyl (C=O) groups is 8. The summed E-state index contributed by atoms with van der Waals surface area (Å²) >= 11 is 8.53. The van der Waals surface area contributed by atoms with E-state index in [4.69, 9.17) is 10.5 Å². The molecular weight excluding hydrogens is 1240 g/mol. The number of fused-ring (bicyclic) bond motifs is 4. The molecule has 0 bridgehead atoms. The fourth-order valence-electron chi connectivity index (χ4n) is 10.5. The minimum absolute atomic E-state index is 0.0318. The van der Waals surface area contributed by atoms with Crippen molar-refractivity contribution < 1.29 is 71.4 Å². The Balaban J connectivity index is 1.11. The van der Waals surface area contributed by atoms with Crippen LogP contribution in [0.1, 0.15) is 66.8 Å². The van der Waals surface area contributed by atoms with Gasteiger partial charge in [0.15, 0.2) is 0 Å². The molecule has 0 spiro atoms. The smallest absolute Gasteiger partial charge is 0.407 e. The van der Waals surface area contributed by atoms with Gasteiger partial charge in [-0.1, -0.05) is 109 Å². The van der Waals surface area contributed by atoms with Gasteiger partial charge in [-0.2, -0.15) is 33.7 Å². The Morgan fingerprint density at radius 1 is 0.587 bits per heavy atom. The molecule has 6 aromatic rings. The van der Waals surface area contributed by atoms with Crippen molar-refractivity contribution in [1.29, 1.82) is 0 Å². The van der Waals surface area contributed by atoms with Crippen molar-refractivity contribution in [3.63, 3.8) is 0 Å². The van der Waals surface area contributed by atoms with Gasteiger partial charge in [-0.25, -0.2) is 4.79 Å². The molecule has 15 N–H and O–H groups in total. The van der Waals surface area contributed by atoms with Crippen LogP contribution in [-0.4, -0.2) is 173 Å². The van der Waals surface area contributed by atoms with Crippen molar-refractivity contribution in [3.8, 4) is 11.1 Å². The van der Waals surface area contributed by atoms with Gasteiger partial charge in [-0.05, 0) is 96.7 Å². The zero-order valence-corrected chi connectivity index (χ0v) is 53.1. The van der Waals surface area contributed by atoms with Gasteiger partial charge in [0, 0.05) is 53.9 Å². The number of aromatic amines is 1. The van der Waals surface area contributed by atoms with Gasteiger partial charge in [0.1, 0.15) is 42.9 Å². The van der Waals surface area contributed by atoms with Crippen LogP contribution in [0.3, 0.4) is 0 Å². The van der Waals surface area contributed by atoms with Crippen LogP contribution in [-0.2, 0) is 67.7 Å². The van der Waals surface area contributed by atoms with E-state index in [1.54, 1.807) is 97.2 Å². The zero-order chi connectivity index (χ0) is 66.6. The second-order valence-corrected chi connectivity index (χ2v) is 24.5. The molecule has 0 saturated carbocycles. The van der Waals surface area contributed by atoms with Crippen molar-refractivity contribution in [1.82, 2.24) is 47.5 Å². The summed E-state index contributed by atoms with van der Waals surface area (Å²) < 4.78 is 39.6. The number of unbranched alkanes of at least 4 members (excludes halogenated alkanes) is 1. The molecule has 1 heterocycles. The van der Waals surface area contributed by atoms with Gasteiger partial charge >= 0.3 is 6.09 Å². The second kappa shape index (κ2) is 33.8. The predicted octanol–water partition coefficient (Wildman–Crippen LogP) is 1.49. The number of nitrogens with two attached hydrogens (primary N) is 1. The molecule has 0 fully saturated rings. The van der Waals surface area contributed by atoms with E-state index < -0.39 is 131 Å². The van der Waals surface area contributed by atoms with Gasteiger partial charge in [-0.3, -0.25) is 38.1 Å². The van der Waals surface area contributed by atoms with Crippen LogP contribution >= 0.6 is 25.3 Å². The molecule has 492 valence electrons. The van der Waals surface area contributed by atoms with Crippen LogP contribution in [0.25, 0.3) is 22.0 Å². The largest absolute Gasteiger partial charge is 0.449 e. The summed E-state index contributed by atoms with van der Waals surface area (Å²) in [6.07, 6.45) is -2.08. The first kappa shape index (κ1) is 71.1. The monoisotopic (exact) mass is 1320 g/mol. The number of thiol groups is 2. The topological polar surface area (TPSA) is 399 Å². The van der Waals surface area contributed by atoms with Crippen molar-refractivity contribution in [2.24, 2.45) is 5.73 Å². The third kappa shape index (κ3) is 19.6. The predicted molar refractivity (Wildman–Crippen MR) is 349 cm³/mol. The van der Waals surface area contributed by atoms with Gasteiger partial charge < -0.3 is 73.3 Å². The minimum Gasteiger partial charge on any atom is -0.449 e. The first-order valence-corrected chi connectivity index (χ1v) is 32.5. The molecule has 92 heavy (non-hydrogen) atoms. The number of amides is 8. The Hall–Kier alpha value is -8.35. The number of rotatable bonds is 33. The summed E-state index contributed by atoms with van der Waals surface area (Å²) in [5.41, 5.74) is 11.7. The summed E-state index contributed by atoms with van der Waals surface area (Å²) in [5, 5.41) is 52.3. The van der Waals surface area contributed by atoms with Crippen molar-refractivity contribution in [2.75, 3.05) is 31.3 Å². The quantitative estimate of drug-likeness (QED) is 0.0158. The summed E-state index contributed by atoms with van der Waals surface area (Å²) in [4.78, 5) is 115. The molecule has 1 aliphatic carbocycles. The van der Waals surface area contributed by atoms with E-state index in [0.29, 0.717) is 33.2 Å². The molecule has 8 amide bonds. The number of hydrogen-bond acceptors (Lipinski definition) is 17. The molecule has 1 aromatic heterocycles. The molecule has 28 heteroatoms. The molecule has 0 saturated heterocycles. The Labute approximate surface area is 543 Å². The van der Waals surface area contributed by atoms with Gasteiger partial charge in [-0.15, -0.1) is 0 Å². The molecular formula is C64H78N10O15S3. The Kier molecular flexibility index (Phi) is 26.1. The highest BCUT2D eigenvalue weighted by molar-refractivity contribution is 7.85. The average molecular weight is 1320 g/mol. The first-order valence-electron chi connectivity index (χ1n) is 29.8. The van der Waals surface area contributed by atoms with E-state index in [1.807, 2.05) is 24.3 Å². The van der Waals surface area contributed by atoms with Crippen LogP contribution < -0.4 is 48.3 Å². The van der Waals surface area contributed by atoms with E-state index in [9.17, 15) is 61.9 Å². The lowest BCUT2D eigenvalue weighted by molar-refractivity contribution is -0.136. The number of ether oxygens (including phenoxy) is 1. The number of benzene rings is 5. The van der Waals surface area contributed by atoms with Gasteiger partial charge in [0.05, 0.1) is 35.8 Å². The average Bonchev–Trinajstić information content (AvgIpc) is 1.61. The van der Waals surface area contributed by atoms with E-state index in [0.717, 1.165) is 16.7 Å². The lowest BCUT2D eigenvalue weighted by atomic mass is 9.98. The fourth-order valence-corrected chi connectivity index (χ4v) is 11.6.